The van der Waals surface area contributed by atoms with E-state index in [1.807, 2.05) is 25.1 Å². The predicted octanol–water partition coefficient (Wildman–Crippen LogP) is 4.15. The first-order valence-corrected chi connectivity index (χ1v) is 7.02. The second kappa shape index (κ2) is 5.31. The molecule has 0 bridgehead atoms. The lowest BCUT2D eigenvalue weighted by molar-refractivity contribution is -0.00847. The molecule has 0 aromatic heterocycles. The van der Waals surface area contributed by atoms with Crippen LogP contribution in [0, 0.1) is 6.92 Å². The largest absolute Gasteiger partial charge is 0.487 e. The van der Waals surface area contributed by atoms with Crippen molar-refractivity contribution in [2.75, 3.05) is 0 Å². The zero-order chi connectivity index (χ0) is 13.2. The van der Waals surface area contributed by atoms with Gasteiger partial charge in [0.1, 0.15) is 11.4 Å². The van der Waals surface area contributed by atoms with E-state index in [1.54, 1.807) is 0 Å². The van der Waals surface area contributed by atoms with Gasteiger partial charge < -0.3 is 9.84 Å². The molecule has 1 heterocycles. The molecule has 0 amide bonds. The van der Waals surface area contributed by atoms with Crippen LogP contribution in [-0.2, 0) is 0 Å². The molecular weight excluding hydrogens is 224 g/mol. The maximum absolute atomic E-state index is 10.3. The average molecular weight is 248 g/mol. The Labute approximate surface area is 110 Å². The number of benzene rings is 1. The van der Waals surface area contributed by atoms with Crippen LogP contribution >= 0.6 is 0 Å². The molecule has 100 valence electrons. The summed E-state index contributed by atoms with van der Waals surface area (Å²) in [4.78, 5) is 0. The monoisotopic (exact) mass is 248 g/mol. The first-order valence-electron chi connectivity index (χ1n) is 7.02. The lowest BCUT2D eigenvalue weighted by atomic mass is 9.86. The van der Waals surface area contributed by atoms with Gasteiger partial charge in [-0.2, -0.15) is 0 Å². The summed E-state index contributed by atoms with van der Waals surface area (Å²) in [6, 6.07) is 6.07. The van der Waals surface area contributed by atoms with Crippen molar-refractivity contribution in [3.63, 3.8) is 0 Å². The summed E-state index contributed by atoms with van der Waals surface area (Å²) in [5.41, 5.74) is 1.91. The zero-order valence-electron chi connectivity index (χ0n) is 11.7. The highest BCUT2D eigenvalue weighted by atomic mass is 16.5. The summed E-state index contributed by atoms with van der Waals surface area (Å²) < 4.78 is 6.13. The van der Waals surface area contributed by atoms with Crippen molar-refractivity contribution in [3.8, 4) is 5.75 Å². The molecule has 2 rings (SSSR count). The molecule has 2 nitrogen and oxygen atoms in total. The Morgan fingerprint density at radius 3 is 2.89 bits per heavy atom. The molecule has 0 saturated carbocycles. The third-order valence-corrected chi connectivity index (χ3v) is 3.81. The zero-order valence-corrected chi connectivity index (χ0v) is 11.7. The van der Waals surface area contributed by atoms with Crippen LogP contribution in [0.2, 0.25) is 0 Å². The molecule has 1 aromatic carbocycles. The molecule has 0 radical (unpaired) electrons. The topological polar surface area (TPSA) is 29.5 Å². The lowest BCUT2D eigenvalue weighted by Crippen LogP contribution is -2.38. The van der Waals surface area contributed by atoms with Crippen LogP contribution < -0.4 is 4.74 Å². The first-order chi connectivity index (χ1) is 8.54. The number of fused-ring (bicyclic) bond motifs is 1. The summed E-state index contributed by atoms with van der Waals surface area (Å²) in [6.07, 6.45) is 4.95. The lowest BCUT2D eigenvalue weighted by Gasteiger charge is -2.38. The number of aliphatic hydroxyl groups is 1. The van der Waals surface area contributed by atoms with E-state index in [-0.39, 0.29) is 11.7 Å². The first kappa shape index (κ1) is 13.4. The molecule has 0 spiro atoms. The minimum Gasteiger partial charge on any atom is -0.487 e. The van der Waals surface area contributed by atoms with Crippen molar-refractivity contribution < 1.29 is 9.84 Å². The van der Waals surface area contributed by atoms with Crippen LogP contribution in [-0.4, -0.2) is 10.7 Å². The highest BCUT2D eigenvalue weighted by Gasteiger charge is 2.35. The molecule has 1 aromatic rings. The maximum atomic E-state index is 10.3. The third-order valence-electron chi connectivity index (χ3n) is 3.81. The summed E-state index contributed by atoms with van der Waals surface area (Å²) >= 11 is 0. The smallest absolute Gasteiger partial charge is 0.125 e. The van der Waals surface area contributed by atoms with Crippen molar-refractivity contribution in [1.82, 2.24) is 0 Å². The Morgan fingerprint density at radius 1 is 1.39 bits per heavy atom. The number of hydrogen-bond acceptors (Lipinski definition) is 2. The fourth-order valence-corrected chi connectivity index (χ4v) is 2.75. The van der Waals surface area contributed by atoms with E-state index in [0.717, 1.165) is 17.7 Å². The molecule has 1 aliphatic rings. The predicted molar refractivity (Wildman–Crippen MR) is 73.9 cm³/mol. The van der Waals surface area contributed by atoms with Crippen molar-refractivity contribution >= 4 is 0 Å². The fraction of sp³-hybridized carbons (Fsp3) is 0.625. The van der Waals surface area contributed by atoms with Gasteiger partial charge in [-0.1, -0.05) is 31.4 Å². The molecule has 2 atom stereocenters. The van der Waals surface area contributed by atoms with Gasteiger partial charge in [-0.05, 0) is 38.8 Å². The Morgan fingerprint density at radius 2 is 2.17 bits per heavy atom. The number of unbranched alkanes of at least 4 members (excludes halogenated alkanes) is 2. The van der Waals surface area contributed by atoms with Gasteiger partial charge >= 0.3 is 0 Å². The Bertz CT molecular complexity index is 414. The highest BCUT2D eigenvalue weighted by Crippen LogP contribution is 2.41. The van der Waals surface area contributed by atoms with Crippen LogP contribution in [0.1, 0.15) is 63.2 Å². The molecule has 1 unspecified atom stereocenters. The van der Waals surface area contributed by atoms with Crippen LogP contribution in [0.5, 0.6) is 5.75 Å². The maximum Gasteiger partial charge on any atom is 0.125 e. The van der Waals surface area contributed by atoms with E-state index in [0.29, 0.717) is 6.42 Å². The SMILES string of the molecule is CCCCCC1(C)C[C@@H](O)c2cc(C)ccc2O1. The van der Waals surface area contributed by atoms with E-state index in [1.165, 1.54) is 24.8 Å². The molecule has 1 N–H and O–H groups in total. The number of aryl methyl sites for hydroxylation is 1. The van der Waals surface area contributed by atoms with Gasteiger partial charge in [-0.3, -0.25) is 0 Å². The molecule has 18 heavy (non-hydrogen) atoms. The van der Waals surface area contributed by atoms with Crippen molar-refractivity contribution in [1.29, 1.82) is 0 Å². The average Bonchev–Trinajstić information content (AvgIpc) is 2.31. The van der Waals surface area contributed by atoms with E-state index in [9.17, 15) is 5.11 Å². The van der Waals surface area contributed by atoms with E-state index in [4.69, 9.17) is 4.74 Å². The van der Waals surface area contributed by atoms with Crippen LogP contribution in [0.15, 0.2) is 18.2 Å². The highest BCUT2D eigenvalue weighted by molar-refractivity contribution is 5.40. The fourth-order valence-electron chi connectivity index (χ4n) is 2.75. The van der Waals surface area contributed by atoms with Crippen molar-refractivity contribution in [2.45, 2.75) is 64.6 Å². The van der Waals surface area contributed by atoms with Crippen molar-refractivity contribution in [2.24, 2.45) is 0 Å². The van der Waals surface area contributed by atoms with Gasteiger partial charge in [0.15, 0.2) is 0 Å². The molecule has 2 heteroatoms. The second-order valence-corrected chi connectivity index (χ2v) is 5.77. The third kappa shape index (κ3) is 2.86. The molecule has 0 aliphatic carbocycles. The van der Waals surface area contributed by atoms with Crippen LogP contribution in [0.3, 0.4) is 0 Å². The van der Waals surface area contributed by atoms with E-state index < -0.39 is 0 Å². The number of aliphatic hydroxyl groups excluding tert-OH is 1. The van der Waals surface area contributed by atoms with Gasteiger partial charge in [-0.25, -0.2) is 0 Å². The summed E-state index contributed by atoms with van der Waals surface area (Å²) in [5, 5.41) is 10.3. The van der Waals surface area contributed by atoms with Gasteiger partial charge in [0.25, 0.3) is 0 Å². The molecule has 0 fully saturated rings. The number of rotatable bonds is 4. The minimum atomic E-state index is -0.389. The number of ether oxygens (including phenoxy) is 1. The number of hydrogen-bond donors (Lipinski definition) is 1. The standard InChI is InChI=1S/C16H24O2/c1-4-5-6-9-16(3)11-14(17)13-10-12(2)7-8-15(13)18-16/h7-8,10,14,17H,4-6,9,11H2,1-3H3/t14-,16?/m1/s1. The molecular formula is C16H24O2. The Hall–Kier alpha value is -1.02. The van der Waals surface area contributed by atoms with E-state index >= 15 is 0 Å². The van der Waals surface area contributed by atoms with Crippen LogP contribution in [0.4, 0.5) is 0 Å². The molecule has 0 saturated heterocycles. The van der Waals surface area contributed by atoms with Crippen LogP contribution in [0.25, 0.3) is 0 Å². The van der Waals surface area contributed by atoms with Gasteiger partial charge in [0, 0.05) is 12.0 Å². The molecule has 1 aliphatic heterocycles. The Balaban J connectivity index is 2.14. The second-order valence-electron chi connectivity index (χ2n) is 5.77. The van der Waals surface area contributed by atoms with E-state index in [2.05, 4.69) is 13.8 Å². The summed E-state index contributed by atoms with van der Waals surface area (Å²) in [5.74, 6) is 0.860. The minimum absolute atomic E-state index is 0.211. The summed E-state index contributed by atoms with van der Waals surface area (Å²) in [7, 11) is 0. The van der Waals surface area contributed by atoms with Crippen molar-refractivity contribution in [3.05, 3.63) is 29.3 Å². The normalized spacial score (nSPS) is 26.6. The Kier molecular flexibility index (Phi) is 3.96. The summed E-state index contributed by atoms with van der Waals surface area (Å²) in [6.45, 7) is 6.37. The quantitative estimate of drug-likeness (QED) is 0.811. The van der Waals surface area contributed by atoms with Gasteiger partial charge in [-0.15, -0.1) is 0 Å². The van der Waals surface area contributed by atoms with Gasteiger partial charge in [0.05, 0.1) is 6.10 Å². The van der Waals surface area contributed by atoms with Gasteiger partial charge in [0.2, 0.25) is 0 Å².